The van der Waals surface area contributed by atoms with Gasteiger partial charge in [0.1, 0.15) is 0 Å². The zero-order valence-corrected chi connectivity index (χ0v) is 8.20. The van der Waals surface area contributed by atoms with E-state index in [0.29, 0.717) is 11.3 Å². The first kappa shape index (κ1) is 10.2. The molecule has 1 amide bonds. The third-order valence-corrected chi connectivity index (χ3v) is 2.39. The van der Waals surface area contributed by atoms with Gasteiger partial charge in [-0.05, 0) is 17.7 Å². The molecule has 1 heterocycles. The van der Waals surface area contributed by atoms with Gasteiger partial charge in [-0.2, -0.15) is 0 Å². The molecule has 0 bridgehead atoms. The SMILES string of the molecule is O=C(O)C1C=Cc2ccccc2N1C(=O)O. The Morgan fingerprint density at radius 3 is 2.50 bits per heavy atom. The highest BCUT2D eigenvalue weighted by Gasteiger charge is 2.32. The van der Waals surface area contributed by atoms with Gasteiger partial charge in [0.2, 0.25) is 0 Å². The van der Waals surface area contributed by atoms with Crippen LogP contribution in [0, 0.1) is 0 Å². The van der Waals surface area contributed by atoms with Gasteiger partial charge < -0.3 is 10.2 Å². The molecule has 0 aliphatic carbocycles. The average Bonchev–Trinajstić information content (AvgIpc) is 2.27. The molecule has 0 spiro atoms. The molecule has 0 radical (unpaired) electrons. The first-order valence-electron chi connectivity index (χ1n) is 4.63. The molecule has 1 aromatic rings. The van der Waals surface area contributed by atoms with E-state index in [1.807, 2.05) is 0 Å². The number of anilines is 1. The summed E-state index contributed by atoms with van der Waals surface area (Å²) in [6.07, 6.45) is 1.70. The van der Waals surface area contributed by atoms with Crippen molar-refractivity contribution in [2.24, 2.45) is 0 Å². The number of benzene rings is 1. The van der Waals surface area contributed by atoms with Crippen molar-refractivity contribution in [1.29, 1.82) is 0 Å². The van der Waals surface area contributed by atoms with E-state index < -0.39 is 18.1 Å². The number of rotatable bonds is 1. The molecule has 0 saturated heterocycles. The number of carbonyl (C=O) groups is 2. The Balaban J connectivity index is 2.54. The number of carboxylic acids is 1. The van der Waals surface area contributed by atoms with E-state index in [1.54, 1.807) is 30.3 Å². The molecule has 5 nitrogen and oxygen atoms in total. The van der Waals surface area contributed by atoms with Crippen LogP contribution in [0.25, 0.3) is 6.08 Å². The van der Waals surface area contributed by atoms with Crippen LogP contribution in [0.3, 0.4) is 0 Å². The fraction of sp³-hybridized carbons (Fsp3) is 0.0909. The summed E-state index contributed by atoms with van der Waals surface area (Å²) in [5.74, 6) is -1.19. The second-order valence-electron chi connectivity index (χ2n) is 3.35. The van der Waals surface area contributed by atoms with Crippen molar-refractivity contribution in [2.45, 2.75) is 6.04 Å². The number of amides is 1. The Morgan fingerprint density at radius 2 is 1.88 bits per heavy atom. The first-order chi connectivity index (χ1) is 7.61. The van der Waals surface area contributed by atoms with Crippen molar-refractivity contribution in [3.8, 4) is 0 Å². The predicted molar refractivity (Wildman–Crippen MR) is 57.4 cm³/mol. The molecule has 0 aromatic heterocycles. The van der Waals surface area contributed by atoms with Crippen LogP contribution >= 0.6 is 0 Å². The highest BCUT2D eigenvalue weighted by atomic mass is 16.4. The van der Waals surface area contributed by atoms with Crippen LogP contribution in [0.4, 0.5) is 10.5 Å². The van der Waals surface area contributed by atoms with E-state index in [-0.39, 0.29) is 0 Å². The Kier molecular flexibility index (Phi) is 2.36. The second kappa shape index (κ2) is 3.69. The number of para-hydroxylation sites is 1. The van der Waals surface area contributed by atoms with Crippen LogP contribution in [0.15, 0.2) is 30.3 Å². The summed E-state index contributed by atoms with van der Waals surface area (Å²) < 4.78 is 0. The monoisotopic (exact) mass is 219 g/mol. The summed E-state index contributed by atoms with van der Waals surface area (Å²) in [6.45, 7) is 0. The number of fused-ring (bicyclic) bond motifs is 1. The quantitative estimate of drug-likeness (QED) is 0.752. The molecular formula is C11H9NO4. The lowest BCUT2D eigenvalue weighted by Gasteiger charge is -2.28. The van der Waals surface area contributed by atoms with E-state index >= 15 is 0 Å². The standard InChI is InChI=1S/C11H9NO4/c13-10(14)9-6-5-7-3-1-2-4-8(7)12(9)11(15)16/h1-6,9H,(H,13,14)(H,15,16). The smallest absolute Gasteiger partial charge is 0.412 e. The molecular weight excluding hydrogens is 210 g/mol. The van der Waals surface area contributed by atoms with Crippen molar-refractivity contribution in [1.82, 2.24) is 0 Å². The molecule has 1 atom stereocenters. The topological polar surface area (TPSA) is 77.8 Å². The zero-order chi connectivity index (χ0) is 11.7. The Morgan fingerprint density at radius 1 is 1.19 bits per heavy atom. The maximum Gasteiger partial charge on any atom is 0.412 e. The first-order valence-corrected chi connectivity index (χ1v) is 4.63. The van der Waals surface area contributed by atoms with Crippen molar-refractivity contribution in [2.75, 3.05) is 4.90 Å². The van der Waals surface area contributed by atoms with Gasteiger partial charge >= 0.3 is 12.1 Å². The number of nitrogens with zero attached hydrogens (tertiary/aromatic N) is 1. The maximum absolute atomic E-state index is 11.1. The normalized spacial score (nSPS) is 18.0. The predicted octanol–water partition coefficient (Wildman–Crippen LogP) is 1.65. The highest BCUT2D eigenvalue weighted by Crippen LogP contribution is 2.28. The van der Waals surface area contributed by atoms with Gasteiger partial charge in [0.05, 0.1) is 5.69 Å². The fourth-order valence-corrected chi connectivity index (χ4v) is 1.69. The van der Waals surface area contributed by atoms with Gasteiger partial charge in [-0.25, -0.2) is 9.59 Å². The van der Waals surface area contributed by atoms with Gasteiger partial charge in [0, 0.05) is 0 Å². The lowest BCUT2D eigenvalue weighted by Crippen LogP contribution is -2.45. The molecule has 2 rings (SSSR count). The summed E-state index contributed by atoms with van der Waals surface area (Å²) in [5, 5.41) is 18.0. The fourth-order valence-electron chi connectivity index (χ4n) is 1.69. The number of carboxylic acid groups (broad SMARTS) is 2. The zero-order valence-electron chi connectivity index (χ0n) is 8.20. The summed E-state index contributed by atoms with van der Waals surface area (Å²) in [4.78, 5) is 22.8. The van der Waals surface area contributed by atoms with Crippen LogP contribution in [-0.2, 0) is 4.79 Å². The summed E-state index contributed by atoms with van der Waals surface area (Å²) in [5.41, 5.74) is 1.09. The van der Waals surface area contributed by atoms with Crippen LogP contribution in [0.5, 0.6) is 0 Å². The van der Waals surface area contributed by atoms with E-state index in [9.17, 15) is 9.59 Å². The number of aliphatic carboxylic acids is 1. The molecule has 5 heteroatoms. The molecule has 2 N–H and O–H groups in total. The van der Waals surface area contributed by atoms with Gasteiger partial charge in [-0.3, -0.25) is 4.90 Å². The van der Waals surface area contributed by atoms with Gasteiger partial charge in [0.25, 0.3) is 0 Å². The maximum atomic E-state index is 11.1. The largest absolute Gasteiger partial charge is 0.479 e. The minimum absolute atomic E-state index is 0.393. The number of hydrogen-bond donors (Lipinski definition) is 2. The van der Waals surface area contributed by atoms with Crippen molar-refractivity contribution in [3.63, 3.8) is 0 Å². The summed E-state index contributed by atoms with van der Waals surface area (Å²) in [7, 11) is 0. The van der Waals surface area contributed by atoms with E-state index in [2.05, 4.69) is 0 Å². The van der Waals surface area contributed by atoms with Crippen LogP contribution in [0.1, 0.15) is 5.56 Å². The molecule has 82 valence electrons. The number of hydrogen-bond acceptors (Lipinski definition) is 2. The van der Waals surface area contributed by atoms with Gasteiger partial charge in [0.15, 0.2) is 6.04 Å². The summed E-state index contributed by atoms with van der Waals surface area (Å²) >= 11 is 0. The van der Waals surface area contributed by atoms with E-state index in [0.717, 1.165) is 4.90 Å². The van der Waals surface area contributed by atoms with Crippen molar-refractivity contribution >= 4 is 23.8 Å². The minimum Gasteiger partial charge on any atom is -0.479 e. The Bertz CT molecular complexity index is 481. The van der Waals surface area contributed by atoms with Crippen LogP contribution in [-0.4, -0.2) is 28.3 Å². The lowest BCUT2D eigenvalue weighted by atomic mass is 10.0. The second-order valence-corrected chi connectivity index (χ2v) is 3.35. The average molecular weight is 219 g/mol. The molecule has 0 saturated carbocycles. The van der Waals surface area contributed by atoms with Gasteiger partial charge in [-0.15, -0.1) is 0 Å². The van der Waals surface area contributed by atoms with Crippen molar-refractivity contribution in [3.05, 3.63) is 35.9 Å². The molecule has 0 fully saturated rings. The van der Waals surface area contributed by atoms with E-state index in [1.165, 1.54) is 6.08 Å². The van der Waals surface area contributed by atoms with Crippen LogP contribution < -0.4 is 4.90 Å². The van der Waals surface area contributed by atoms with Crippen molar-refractivity contribution < 1.29 is 19.8 Å². The van der Waals surface area contributed by atoms with Gasteiger partial charge in [-0.1, -0.05) is 24.3 Å². The highest BCUT2D eigenvalue weighted by molar-refractivity contribution is 5.99. The molecule has 1 aliphatic rings. The third kappa shape index (κ3) is 1.52. The molecule has 1 aliphatic heterocycles. The molecule has 1 aromatic carbocycles. The Hall–Kier alpha value is -2.30. The summed E-state index contributed by atoms with van der Waals surface area (Å²) in [6, 6.07) is 5.60. The van der Waals surface area contributed by atoms with E-state index in [4.69, 9.17) is 10.2 Å². The minimum atomic E-state index is -1.27. The molecule has 1 unspecified atom stereocenters. The molecule has 16 heavy (non-hydrogen) atoms. The third-order valence-electron chi connectivity index (χ3n) is 2.39. The van der Waals surface area contributed by atoms with Crippen LogP contribution in [0.2, 0.25) is 0 Å². The lowest BCUT2D eigenvalue weighted by molar-refractivity contribution is -0.137. The Labute approximate surface area is 91.2 Å².